The summed E-state index contributed by atoms with van der Waals surface area (Å²) in [7, 11) is 1.83. The molecule has 1 aliphatic heterocycles. The molecule has 1 fully saturated rings. The Labute approximate surface area is 104 Å². The van der Waals surface area contributed by atoms with Crippen molar-refractivity contribution in [3.05, 3.63) is 12.5 Å². The second-order valence-electron chi connectivity index (χ2n) is 4.56. The SMILES string of the molecule is CC1CN(c2ncnc3[nH]ncc23)CC(=O)N1C. The van der Waals surface area contributed by atoms with Crippen LogP contribution in [0.3, 0.4) is 0 Å². The van der Waals surface area contributed by atoms with Gasteiger partial charge in [-0.1, -0.05) is 0 Å². The van der Waals surface area contributed by atoms with Gasteiger partial charge in [-0.3, -0.25) is 9.89 Å². The lowest BCUT2D eigenvalue weighted by Crippen LogP contribution is -2.53. The van der Waals surface area contributed by atoms with Crippen molar-refractivity contribution in [1.29, 1.82) is 0 Å². The van der Waals surface area contributed by atoms with E-state index < -0.39 is 0 Å². The highest BCUT2D eigenvalue weighted by molar-refractivity contribution is 5.90. The van der Waals surface area contributed by atoms with E-state index in [2.05, 4.69) is 20.2 Å². The van der Waals surface area contributed by atoms with Crippen LogP contribution in [0.15, 0.2) is 12.5 Å². The van der Waals surface area contributed by atoms with E-state index in [1.807, 2.05) is 18.9 Å². The first-order valence-corrected chi connectivity index (χ1v) is 5.81. The molecule has 1 N–H and O–H groups in total. The van der Waals surface area contributed by atoms with Gasteiger partial charge in [-0.25, -0.2) is 9.97 Å². The Morgan fingerprint density at radius 3 is 3.06 bits per heavy atom. The molecule has 7 nitrogen and oxygen atoms in total. The van der Waals surface area contributed by atoms with Crippen molar-refractivity contribution in [2.45, 2.75) is 13.0 Å². The van der Waals surface area contributed by atoms with Crippen LogP contribution < -0.4 is 4.90 Å². The molecule has 0 aliphatic carbocycles. The van der Waals surface area contributed by atoms with E-state index in [9.17, 15) is 4.79 Å². The van der Waals surface area contributed by atoms with Crippen LogP contribution in [-0.2, 0) is 4.79 Å². The molecule has 1 saturated heterocycles. The maximum Gasteiger partial charge on any atom is 0.242 e. The predicted molar refractivity (Wildman–Crippen MR) is 66.1 cm³/mol. The highest BCUT2D eigenvalue weighted by atomic mass is 16.2. The second-order valence-corrected chi connectivity index (χ2v) is 4.56. The Kier molecular flexibility index (Phi) is 2.39. The Morgan fingerprint density at radius 2 is 2.28 bits per heavy atom. The van der Waals surface area contributed by atoms with Gasteiger partial charge >= 0.3 is 0 Å². The van der Waals surface area contributed by atoms with Crippen LogP contribution in [0.2, 0.25) is 0 Å². The normalized spacial score (nSPS) is 20.8. The lowest BCUT2D eigenvalue weighted by Gasteiger charge is -2.37. The molecule has 3 rings (SSSR count). The Hall–Kier alpha value is -2.18. The van der Waals surface area contributed by atoms with Gasteiger partial charge in [0.15, 0.2) is 5.65 Å². The van der Waals surface area contributed by atoms with Crippen LogP contribution in [0.25, 0.3) is 11.0 Å². The minimum atomic E-state index is 0.101. The lowest BCUT2D eigenvalue weighted by atomic mass is 10.2. The van der Waals surface area contributed by atoms with Crippen molar-refractivity contribution >= 4 is 22.8 Å². The van der Waals surface area contributed by atoms with Gasteiger partial charge in [-0.2, -0.15) is 5.10 Å². The zero-order chi connectivity index (χ0) is 12.7. The fraction of sp³-hybridized carbons (Fsp3) is 0.455. The first kappa shape index (κ1) is 10.9. The average Bonchev–Trinajstić information content (AvgIpc) is 2.83. The standard InChI is InChI=1S/C11H14N6O/c1-7-4-17(5-9(18)16(7)2)11-8-3-14-15-10(8)12-6-13-11/h3,6-7H,4-5H2,1-2H3,(H,12,13,14,15). The molecule has 0 aromatic carbocycles. The fourth-order valence-electron chi connectivity index (χ4n) is 2.19. The molecule has 0 spiro atoms. The quantitative estimate of drug-likeness (QED) is 0.767. The summed E-state index contributed by atoms with van der Waals surface area (Å²) in [4.78, 5) is 24.0. The number of nitrogens with one attached hydrogen (secondary N) is 1. The molecule has 0 radical (unpaired) electrons. The number of nitrogens with zero attached hydrogens (tertiary/aromatic N) is 5. The third kappa shape index (κ3) is 1.59. The number of amides is 1. The van der Waals surface area contributed by atoms with E-state index in [1.54, 1.807) is 11.1 Å². The Bertz CT molecular complexity index is 594. The second kappa shape index (κ2) is 3.94. The van der Waals surface area contributed by atoms with Gasteiger partial charge in [0.05, 0.1) is 18.1 Å². The summed E-state index contributed by atoms with van der Waals surface area (Å²) >= 11 is 0. The number of aromatic amines is 1. The van der Waals surface area contributed by atoms with Crippen molar-refractivity contribution in [1.82, 2.24) is 25.1 Å². The third-order valence-electron chi connectivity index (χ3n) is 3.39. The number of H-pyrrole nitrogens is 1. The largest absolute Gasteiger partial charge is 0.345 e. The maximum atomic E-state index is 11.9. The maximum absolute atomic E-state index is 11.9. The molecule has 0 bridgehead atoms. The van der Waals surface area contributed by atoms with Crippen molar-refractivity contribution in [3.8, 4) is 0 Å². The van der Waals surface area contributed by atoms with Gasteiger partial charge in [-0.05, 0) is 6.92 Å². The molecular weight excluding hydrogens is 232 g/mol. The zero-order valence-corrected chi connectivity index (χ0v) is 10.3. The van der Waals surface area contributed by atoms with E-state index >= 15 is 0 Å². The number of piperazine rings is 1. The summed E-state index contributed by atoms with van der Waals surface area (Å²) in [6.07, 6.45) is 3.18. The summed E-state index contributed by atoms with van der Waals surface area (Å²) in [5, 5.41) is 7.62. The van der Waals surface area contributed by atoms with Gasteiger partial charge in [0.2, 0.25) is 5.91 Å². The van der Waals surface area contributed by atoms with E-state index in [1.165, 1.54) is 6.33 Å². The third-order valence-corrected chi connectivity index (χ3v) is 3.39. The zero-order valence-electron chi connectivity index (χ0n) is 10.3. The molecule has 2 aromatic heterocycles. The molecule has 3 heterocycles. The average molecular weight is 246 g/mol. The molecule has 94 valence electrons. The van der Waals surface area contributed by atoms with E-state index in [0.717, 1.165) is 17.7 Å². The van der Waals surface area contributed by atoms with E-state index in [4.69, 9.17) is 0 Å². The molecule has 7 heteroatoms. The van der Waals surface area contributed by atoms with Gasteiger partial charge in [0.1, 0.15) is 12.1 Å². The molecule has 18 heavy (non-hydrogen) atoms. The first-order chi connectivity index (χ1) is 8.66. The van der Waals surface area contributed by atoms with E-state index in [0.29, 0.717) is 12.2 Å². The van der Waals surface area contributed by atoms with Gasteiger partial charge in [0.25, 0.3) is 0 Å². The molecule has 1 amide bonds. The van der Waals surface area contributed by atoms with Crippen molar-refractivity contribution in [2.75, 3.05) is 25.0 Å². The van der Waals surface area contributed by atoms with Crippen LogP contribution in [0.4, 0.5) is 5.82 Å². The highest BCUT2D eigenvalue weighted by Crippen LogP contribution is 2.23. The summed E-state index contributed by atoms with van der Waals surface area (Å²) in [5.74, 6) is 0.867. The van der Waals surface area contributed by atoms with E-state index in [-0.39, 0.29) is 11.9 Å². The monoisotopic (exact) mass is 246 g/mol. The molecule has 1 atom stereocenters. The molecule has 1 aliphatic rings. The molecule has 0 saturated carbocycles. The predicted octanol–water partition coefficient (Wildman–Crippen LogP) is 0.0198. The van der Waals surface area contributed by atoms with Crippen molar-refractivity contribution < 1.29 is 4.79 Å². The number of rotatable bonds is 1. The topological polar surface area (TPSA) is 78.0 Å². The number of likely N-dealkylation sites (N-methyl/N-ethyl adjacent to an activating group) is 1. The molecule has 1 unspecified atom stereocenters. The van der Waals surface area contributed by atoms with Crippen LogP contribution >= 0.6 is 0 Å². The minimum absolute atomic E-state index is 0.101. The minimum Gasteiger partial charge on any atom is -0.345 e. The highest BCUT2D eigenvalue weighted by Gasteiger charge is 2.28. The number of carbonyl (C=O) groups excluding carboxylic acids is 1. The molecular formula is C11H14N6O. The first-order valence-electron chi connectivity index (χ1n) is 5.81. The van der Waals surface area contributed by atoms with Crippen LogP contribution in [-0.4, -0.2) is 57.2 Å². The van der Waals surface area contributed by atoms with Gasteiger partial charge < -0.3 is 9.80 Å². The number of carbonyl (C=O) groups is 1. The van der Waals surface area contributed by atoms with Gasteiger partial charge in [-0.15, -0.1) is 0 Å². The summed E-state index contributed by atoms with van der Waals surface area (Å²) in [6, 6.07) is 0.170. The fourth-order valence-corrected chi connectivity index (χ4v) is 2.19. The summed E-state index contributed by atoms with van der Waals surface area (Å²) in [6.45, 7) is 3.13. The van der Waals surface area contributed by atoms with Crippen LogP contribution in [0.1, 0.15) is 6.92 Å². The van der Waals surface area contributed by atoms with Crippen LogP contribution in [0, 0.1) is 0 Å². The van der Waals surface area contributed by atoms with Crippen LogP contribution in [0.5, 0.6) is 0 Å². The summed E-state index contributed by atoms with van der Waals surface area (Å²) < 4.78 is 0. The lowest BCUT2D eigenvalue weighted by molar-refractivity contribution is -0.131. The Balaban J connectivity index is 2.00. The Morgan fingerprint density at radius 1 is 1.44 bits per heavy atom. The smallest absolute Gasteiger partial charge is 0.242 e. The number of fused-ring (bicyclic) bond motifs is 1. The van der Waals surface area contributed by atoms with Crippen molar-refractivity contribution in [3.63, 3.8) is 0 Å². The summed E-state index contributed by atoms with van der Waals surface area (Å²) in [5.41, 5.74) is 0.694. The van der Waals surface area contributed by atoms with Crippen molar-refractivity contribution in [2.24, 2.45) is 0 Å². The number of aromatic nitrogens is 4. The van der Waals surface area contributed by atoms with Gasteiger partial charge in [0, 0.05) is 19.6 Å². The number of hydrogen-bond acceptors (Lipinski definition) is 5. The molecule has 2 aromatic rings. The number of anilines is 1. The number of hydrogen-bond donors (Lipinski definition) is 1.